The number of hydrogen-bond donors (Lipinski definition) is 5. The van der Waals surface area contributed by atoms with Gasteiger partial charge in [-0.15, -0.1) is 0 Å². The number of rotatable bonds is 47. The van der Waals surface area contributed by atoms with Crippen LogP contribution in [0.3, 0.4) is 0 Å². The summed E-state index contributed by atoms with van der Waals surface area (Å²) in [5.41, 5.74) is 5.76. The molecule has 384 valence electrons. The van der Waals surface area contributed by atoms with E-state index in [0.717, 1.165) is 25.9 Å². The minimum atomic E-state index is -1.22. The van der Waals surface area contributed by atoms with E-state index in [1.54, 1.807) is 7.11 Å². The number of amides is 2. The average molecular weight is 964 g/mol. The molecule has 22 nitrogen and oxygen atoms in total. The van der Waals surface area contributed by atoms with Crippen LogP contribution in [0.15, 0.2) is 0 Å². The van der Waals surface area contributed by atoms with Crippen molar-refractivity contribution in [3.63, 3.8) is 0 Å². The summed E-state index contributed by atoms with van der Waals surface area (Å²) >= 11 is 3.85. The van der Waals surface area contributed by atoms with Crippen molar-refractivity contribution in [2.45, 2.75) is 77.4 Å². The van der Waals surface area contributed by atoms with Crippen LogP contribution in [0.2, 0.25) is 0 Å². The molecule has 65 heavy (non-hydrogen) atoms. The van der Waals surface area contributed by atoms with Crippen LogP contribution >= 0.6 is 12.6 Å². The fourth-order valence-electron chi connectivity index (χ4n) is 4.34. The number of ketones is 1. The van der Waals surface area contributed by atoms with E-state index in [4.69, 9.17) is 77.3 Å². The number of nitrogens with one attached hydrogen (secondary N) is 2. The van der Waals surface area contributed by atoms with E-state index in [1.807, 2.05) is 6.92 Å². The van der Waals surface area contributed by atoms with Gasteiger partial charge in [-0.3, -0.25) is 14.4 Å². The Morgan fingerprint density at radius 1 is 0.538 bits per heavy atom. The van der Waals surface area contributed by atoms with E-state index >= 15 is 0 Å². The Hall–Kier alpha value is -2.71. The van der Waals surface area contributed by atoms with Crippen molar-refractivity contribution in [1.82, 2.24) is 10.6 Å². The molecule has 3 atom stereocenters. The van der Waals surface area contributed by atoms with Crippen molar-refractivity contribution in [2.24, 2.45) is 5.73 Å². The number of hydrogen-bond acceptors (Lipinski definition) is 20. The van der Waals surface area contributed by atoms with Crippen LogP contribution in [0.25, 0.3) is 0 Å². The van der Waals surface area contributed by atoms with Gasteiger partial charge in [0.2, 0.25) is 11.8 Å². The monoisotopic (exact) mass is 964 g/mol. The molecule has 2 amide bonds. The smallest absolute Gasteiger partial charge is 0.373 e. The van der Waals surface area contributed by atoms with Crippen molar-refractivity contribution >= 4 is 42.3 Å². The highest BCUT2D eigenvalue weighted by molar-refractivity contribution is 7.80. The first kappa shape index (κ1) is 66.6. The van der Waals surface area contributed by atoms with Gasteiger partial charge in [0.05, 0.1) is 145 Å². The number of unbranched alkanes of at least 4 members (excludes halogenated alkanes) is 1. The molecule has 0 rings (SSSR count). The largest absolute Gasteiger partial charge is 0.480 e. The number of carbonyl (C=O) groups excluding carboxylic acids is 5. The third-order valence-corrected chi connectivity index (χ3v) is 8.28. The molecule has 0 aromatic carbocycles. The van der Waals surface area contributed by atoms with E-state index < -0.39 is 35.9 Å². The van der Waals surface area contributed by atoms with Crippen LogP contribution < -0.4 is 16.4 Å². The van der Waals surface area contributed by atoms with Gasteiger partial charge in [0.25, 0.3) is 0 Å². The molecular formula is C42H81N3O19S. The van der Waals surface area contributed by atoms with Gasteiger partial charge in [0.15, 0.2) is 0 Å². The van der Waals surface area contributed by atoms with Gasteiger partial charge in [-0.1, -0.05) is 20.3 Å². The van der Waals surface area contributed by atoms with Crippen LogP contribution in [0.1, 0.15) is 59.3 Å². The zero-order valence-corrected chi connectivity index (χ0v) is 40.2. The Bertz CT molecular complexity index is 1080. The quantitative estimate of drug-likeness (QED) is 0.0410. The van der Waals surface area contributed by atoms with Gasteiger partial charge < -0.3 is 78.3 Å². The summed E-state index contributed by atoms with van der Waals surface area (Å²) in [7, 11) is 1.65. The third kappa shape index (κ3) is 53.8. The molecule has 0 spiro atoms. The standard InChI is InChI=1S/C23H48O10.C18H33N3O7S.CO2/c1-3-4-5-25-8-9-27-12-13-29-16-17-31-20-21-33-23-22-32-19-18-30-15-14-28-11-10-26-7-6-24-2;1-3-7-27-9-10-28-8-6-13(22)4-5-14(19)17(24)20-12(2)16(23)21-15(11-29)18(25)26;2-1-3/h3-23H2,1-2H3;12,14-15,29H,3-11,19H2,1-2H3,(H,20,24)(H,21,23)(H,25,26);/t;12-,14-,15-;/m.0./s1. The van der Waals surface area contributed by atoms with Gasteiger partial charge in [-0.2, -0.15) is 22.2 Å². The average Bonchev–Trinajstić information content (AvgIpc) is 3.29. The summed E-state index contributed by atoms with van der Waals surface area (Å²) in [6.45, 7) is 18.3. The lowest BCUT2D eigenvalue weighted by molar-refractivity contribution is -0.191. The van der Waals surface area contributed by atoms with Crippen molar-refractivity contribution < 1.29 is 90.7 Å². The summed E-state index contributed by atoms with van der Waals surface area (Å²) < 4.78 is 64.1. The second kappa shape index (κ2) is 55.6. The Labute approximate surface area is 390 Å². The normalized spacial score (nSPS) is 12.2. The SMILES string of the molecule is CCCCOCCOCCOCCOCCOCCOCCOCCOCCOCCOC.CCCOCCOCCC(=O)CC[C@H](N)C(=O)N[C@@H](C)C(=O)N[C@@H](CS)C(=O)O.O=C=O. The predicted octanol–water partition coefficient (Wildman–Crippen LogP) is 0.499. The van der Waals surface area contributed by atoms with E-state index in [-0.39, 0.29) is 43.6 Å². The van der Waals surface area contributed by atoms with Gasteiger partial charge >= 0.3 is 12.1 Å². The fourth-order valence-corrected chi connectivity index (χ4v) is 4.59. The van der Waals surface area contributed by atoms with Crippen LogP contribution in [0.4, 0.5) is 0 Å². The molecule has 0 bridgehead atoms. The highest BCUT2D eigenvalue weighted by Crippen LogP contribution is 2.01. The summed E-state index contributed by atoms with van der Waals surface area (Å²) in [5, 5.41) is 13.6. The van der Waals surface area contributed by atoms with Gasteiger partial charge in [-0.05, 0) is 26.2 Å². The van der Waals surface area contributed by atoms with Crippen LogP contribution in [-0.2, 0) is 85.6 Å². The molecule has 0 aromatic heterocycles. The highest BCUT2D eigenvalue weighted by atomic mass is 32.1. The maximum absolute atomic E-state index is 12.0. The van der Waals surface area contributed by atoms with Gasteiger partial charge in [0.1, 0.15) is 17.9 Å². The second-order valence-electron chi connectivity index (χ2n) is 13.4. The molecule has 0 aliphatic rings. The number of ether oxygens (including phenoxy) is 12. The Morgan fingerprint density at radius 2 is 0.892 bits per heavy atom. The van der Waals surface area contributed by atoms with Crippen LogP contribution in [0.5, 0.6) is 0 Å². The minimum Gasteiger partial charge on any atom is -0.480 e. The number of Topliss-reactive ketones (excluding diaryl/α,β-unsaturated/α-hetero) is 1. The zero-order valence-electron chi connectivity index (χ0n) is 39.3. The zero-order chi connectivity index (χ0) is 48.9. The molecule has 5 N–H and O–H groups in total. The molecule has 0 aliphatic carbocycles. The number of methoxy groups -OCH3 is 1. The maximum atomic E-state index is 12.0. The molecule has 0 aromatic rings. The van der Waals surface area contributed by atoms with Crippen molar-refractivity contribution in [2.75, 3.05) is 165 Å². The first-order valence-electron chi connectivity index (χ1n) is 22.1. The second-order valence-corrected chi connectivity index (χ2v) is 13.8. The third-order valence-electron chi connectivity index (χ3n) is 7.92. The Morgan fingerprint density at radius 3 is 1.23 bits per heavy atom. The van der Waals surface area contributed by atoms with Crippen molar-refractivity contribution in [3.05, 3.63) is 0 Å². The Kier molecular flexibility index (Phi) is 57.0. The molecule has 0 fully saturated rings. The lowest BCUT2D eigenvalue weighted by Crippen LogP contribution is -2.53. The number of carboxylic acids is 1. The molecule has 0 radical (unpaired) electrons. The molecule has 0 heterocycles. The predicted molar refractivity (Wildman–Crippen MR) is 239 cm³/mol. The fraction of sp³-hybridized carbons (Fsp3) is 0.881. The molecule has 0 unspecified atom stereocenters. The molecule has 0 saturated heterocycles. The summed E-state index contributed by atoms with van der Waals surface area (Å²) in [5.74, 6) is -2.64. The minimum absolute atomic E-state index is 0.0772. The number of carboxylic acid groups (broad SMARTS) is 1. The van der Waals surface area contributed by atoms with E-state index in [1.165, 1.54) is 6.92 Å². The summed E-state index contributed by atoms with van der Waals surface area (Å²) in [6.07, 6.45) is 3.91. The van der Waals surface area contributed by atoms with E-state index in [2.05, 4.69) is 30.2 Å². The van der Waals surface area contributed by atoms with E-state index in [0.29, 0.717) is 139 Å². The lowest BCUT2D eigenvalue weighted by Gasteiger charge is -2.19. The van der Waals surface area contributed by atoms with Gasteiger partial charge in [-0.25, -0.2) is 4.79 Å². The molecular weight excluding hydrogens is 883 g/mol. The highest BCUT2D eigenvalue weighted by Gasteiger charge is 2.24. The number of thiol groups is 1. The number of nitrogens with two attached hydrogens (primary N) is 1. The van der Waals surface area contributed by atoms with E-state index in [9.17, 15) is 19.2 Å². The molecule has 0 aliphatic heterocycles. The first-order valence-corrected chi connectivity index (χ1v) is 22.7. The lowest BCUT2D eigenvalue weighted by atomic mass is 10.1. The van der Waals surface area contributed by atoms with Crippen LogP contribution in [-0.4, -0.2) is 218 Å². The molecule has 0 saturated carbocycles. The number of aliphatic carboxylic acids is 1. The van der Waals surface area contributed by atoms with Gasteiger partial charge in [0, 0.05) is 38.9 Å². The van der Waals surface area contributed by atoms with Crippen molar-refractivity contribution in [3.8, 4) is 0 Å². The van der Waals surface area contributed by atoms with Crippen molar-refractivity contribution in [1.29, 1.82) is 0 Å². The maximum Gasteiger partial charge on any atom is 0.373 e. The summed E-state index contributed by atoms with van der Waals surface area (Å²) in [6, 6.07) is -3.09. The Balaban J connectivity index is -0.00000112. The summed E-state index contributed by atoms with van der Waals surface area (Å²) in [4.78, 5) is 63.0. The molecule has 23 heteroatoms. The number of carbonyl (C=O) groups is 4. The van der Waals surface area contributed by atoms with Crippen LogP contribution in [0, 0.1) is 0 Å². The topological polar surface area (TPSA) is 283 Å². The first-order chi connectivity index (χ1) is 31.6.